The van der Waals surface area contributed by atoms with Crippen LogP contribution in [0.4, 0.5) is 0 Å². The molecule has 0 N–H and O–H groups in total. The Morgan fingerprint density at radius 2 is 1.04 bits per heavy atom. The van der Waals surface area contributed by atoms with E-state index >= 15 is 0 Å². The topological polar surface area (TPSA) is 129 Å². The van der Waals surface area contributed by atoms with Crippen molar-refractivity contribution >= 4 is 45.2 Å². The third-order valence-corrected chi connectivity index (χ3v) is 8.83. The zero-order valence-corrected chi connectivity index (χ0v) is 30.1. The van der Waals surface area contributed by atoms with Crippen LogP contribution in [0.1, 0.15) is 81.8 Å². The molecule has 4 rings (SSSR count). The lowest BCUT2D eigenvalue weighted by atomic mass is 10.0. The summed E-state index contributed by atoms with van der Waals surface area (Å²) >= 11 is 0. The van der Waals surface area contributed by atoms with Crippen LogP contribution in [0.15, 0.2) is 36.4 Å². The molecule has 264 valence electrons. The molecule has 0 saturated carbocycles. The smallest absolute Gasteiger partial charge is 0.244 e. The van der Waals surface area contributed by atoms with Gasteiger partial charge in [-0.25, -0.2) is 0 Å². The zero-order chi connectivity index (χ0) is 35.8. The van der Waals surface area contributed by atoms with Gasteiger partial charge in [-0.1, -0.05) is 27.7 Å². The second-order valence-corrected chi connectivity index (χ2v) is 12.8. The van der Waals surface area contributed by atoms with Crippen molar-refractivity contribution in [1.82, 2.24) is 29.4 Å². The molecule has 2 aromatic heterocycles. The number of hydrogen-bond donors (Lipinski definition) is 0. The minimum absolute atomic E-state index is 0.0134. The molecule has 0 spiro atoms. The Balaban J connectivity index is 1.35. The molecular weight excluding hydrogens is 624 g/mol. The minimum Gasteiger partial charge on any atom is -0.497 e. The molecule has 0 atom stereocenters. The van der Waals surface area contributed by atoms with Gasteiger partial charge in [-0.3, -0.25) is 28.5 Å². The van der Waals surface area contributed by atoms with E-state index in [1.54, 1.807) is 57.6 Å². The lowest BCUT2D eigenvalue weighted by molar-refractivity contribution is -0.132. The maximum Gasteiger partial charge on any atom is 0.244 e. The quantitative estimate of drug-likeness (QED) is 0.0979. The number of ether oxygens (including phenoxy) is 2. The summed E-state index contributed by atoms with van der Waals surface area (Å²) in [6, 6.07) is 10.8. The van der Waals surface area contributed by atoms with Gasteiger partial charge in [-0.05, 0) is 57.4 Å². The number of fused-ring (bicyclic) bond motifs is 2. The van der Waals surface area contributed by atoms with Crippen LogP contribution in [0.2, 0.25) is 0 Å². The van der Waals surface area contributed by atoms with E-state index in [1.807, 2.05) is 53.7 Å². The highest BCUT2D eigenvalue weighted by molar-refractivity contribution is 6.08. The van der Waals surface area contributed by atoms with Crippen LogP contribution in [-0.2, 0) is 22.7 Å². The molecule has 49 heavy (non-hydrogen) atoms. The summed E-state index contributed by atoms with van der Waals surface area (Å²) in [5.74, 6) is 0.497. The van der Waals surface area contributed by atoms with Crippen LogP contribution in [0.3, 0.4) is 0 Å². The van der Waals surface area contributed by atoms with Crippen molar-refractivity contribution in [2.75, 3.05) is 40.4 Å². The highest BCUT2D eigenvalue weighted by atomic mass is 16.5. The summed E-state index contributed by atoms with van der Waals surface area (Å²) < 4.78 is 14.0. The Bertz CT molecular complexity index is 1680. The highest BCUT2D eigenvalue weighted by Crippen LogP contribution is 2.27. The van der Waals surface area contributed by atoms with Gasteiger partial charge in [-0.15, -0.1) is 0 Å². The number of benzene rings is 2. The number of ketones is 2. The Labute approximate surface area is 288 Å². The van der Waals surface area contributed by atoms with Gasteiger partial charge in [0.2, 0.25) is 11.8 Å². The van der Waals surface area contributed by atoms with E-state index in [2.05, 4.69) is 10.2 Å². The second-order valence-electron chi connectivity index (χ2n) is 12.8. The van der Waals surface area contributed by atoms with Crippen LogP contribution in [0.5, 0.6) is 11.5 Å². The first-order valence-electron chi connectivity index (χ1n) is 17.2. The maximum absolute atomic E-state index is 13.4. The van der Waals surface area contributed by atoms with Crippen LogP contribution in [0, 0.1) is 11.8 Å². The minimum atomic E-state index is -0.224. The largest absolute Gasteiger partial charge is 0.497 e. The number of rotatable bonds is 18. The second kappa shape index (κ2) is 16.6. The predicted octanol–water partition coefficient (Wildman–Crippen LogP) is 5.65. The molecular formula is C37H50N6O6. The summed E-state index contributed by atoms with van der Waals surface area (Å²) in [5, 5.41) is 10.5. The Morgan fingerprint density at radius 3 is 1.37 bits per heavy atom. The number of carbonyl (C=O) groups excluding carboxylic acids is 4. The zero-order valence-electron chi connectivity index (χ0n) is 30.1. The lowest BCUT2D eigenvalue weighted by Crippen LogP contribution is -2.35. The fourth-order valence-corrected chi connectivity index (χ4v) is 5.87. The molecule has 2 aromatic carbocycles. The molecule has 0 aliphatic carbocycles. The fraction of sp³-hybridized carbons (Fsp3) is 0.514. The predicted molar refractivity (Wildman–Crippen MR) is 189 cm³/mol. The molecule has 4 aromatic rings. The molecule has 0 saturated heterocycles. The lowest BCUT2D eigenvalue weighted by Gasteiger charge is -2.23. The summed E-state index contributed by atoms with van der Waals surface area (Å²) in [6.45, 7) is 13.5. The van der Waals surface area contributed by atoms with Crippen molar-refractivity contribution in [3.8, 4) is 11.5 Å². The molecule has 12 nitrogen and oxygen atoms in total. The standard InChI is InChI=1S/C37H50N6O6/c1-9-40(32(44)22-42-30-20-26(48-7)14-16-28(30)34(38-42)36(46)24(3)4)18-12-11-13-19-41(10-2)33(45)23-43-31-21-27(49-8)15-17-29(31)35(39-43)37(47)25(5)6/h14-17,20-21,24-25H,9-13,18-19,22-23H2,1-8H3. The first-order valence-corrected chi connectivity index (χ1v) is 17.2. The summed E-state index contributed by atoms with van der Waals surface area (Å²) in [4.78, 5) is 56.2. The highest BCUT2D eigenvalue weighted by Gasteiger charge is 2.24. The Hall–Kier alpha value is -4.74. The number of likely N-dealkylation sites (N-methyl/N-ethyl adjacent to an activating group) is 2. The van der Waals surface area contributed by atoms with Crippen molar-refractivity contribution in [1.29, 1.82) is 0 Å². The number of hydrogen-bond acceptors (Lipinski definition) is 8. The normalized spacial score (nSPS) is 11.5. The van der Waals surface area contributed by atoms with Gasteiger partial charge in [0.05, 0.1) is 25.3 Å². The number of Topliss-reactive ketones (excluding diaryl/α,β-unsaturated/α-hetero) is 2. The molecule has 2 heterocycles. The summed E-state index contributed by atoms with van der Waals surface area (Å²) in [6.07, 6.45) is 2.39. The van der Waals surface area contributed by atoms with Crippen molar-refractivity contribution < 1.29 is 28.7 Å². The van der Waals surface area contributed by atoms with Gasteiger partial charge >= 0.3 is 0 Å². The average molecular weight is 675 g/mol. The van der Waals surface area contributed by atoms with Crippen molar-refractivity contribution in [3.63, 3.8) is 0 Å². The van der Waals surface area contributed by atoms with E-state index in [0.29, 0.717) is 70.9 Å². The average Bonchev–Trinajstić information content (AvgIpc) is 3.63. The molecule has 0 aliphatic rings. The number of nitrogens with zero attached hydrogens (tertiary/aromatic N) is 6. The number of amides is 2. The third kappa shape index (κ3) is 8.47. The summed E-state index contributed by atoms with van der Waals surface area (Å²) in [7, 11) is 3.15. The van der Waals surface area contributed by atoms with Gasteiger partial charge in [-0.2, -0.15) is 10.2 Å². The molecule has 12 heteroatoms. The van der Waals surface area contributed by atoms with E-state index in [4.69, 9.17) is 9.47 Å². The van der Waals surface area contributed by atoms with Crippen molar-refractivity contribution in [3.05, 3.63) is 47.8 Å². The van der Waals surface area contributed by atoms with E-state index in [1.165, 1.54) is 0 Å². The van der Waals surface area contributed by atoms with Crippen LogP contribution >= 0.6 is 0 Å². The molecule has 0 bridgehead atoms. The molecule has 0 unspecified atom stereocenters. The van der Waals surface area contributed by atoms with Crippen molar-refractivity contribution in [2.45, 2.75) is 73.9 Å². The Morgan fingerprint density at radius 1 is 0.653 bits per heavy atom. The third-order valence-electron chi connectivity index (χ3n) is 8.83. The number of unbranched alkanes of at least 4 members (excludes halogenated alkanes) is 2. The Kier molecular flexibility index (Phi) is 12.5. The van der Waals surface area contributed by atoms with Crippen LogP contribution in [-0.4, -0.2) is 93.1 Å². The SMILES string of the molecule is CCN(CCCCCN(CC)C(=O)Cn1nc(C(=O)C(C)C)c2ccc(OC)cc21)C(=O)Cn1nc(C(=O)C(C)C)c2ccc(OC)cc21. The molecule has 0 fully saturated rings. The first-order chi connectivity index (χ1) is 23.4. The first kappa shape index (κ1) is 37.1. The maximum atomic E-state index is 13.4. The monoisotopic (exact) mass is 674 g/mol. The van der Waals surface area contributed by atoms with Gasteiger partial charge in [0.1, 0.15) is 36.0 Å². The number of carbonyl (C=O) groups is 4. The van der Waals surface area contributed by atoms with Gasteiger partial charge in [0.25, 0.3) is 0 Å². The fourth-order valence-electron chi connectivity index (χ4n) is 5.87. The van der Waals surface area contributed by atoms with E-state index in [9.17, 15) is 19.2 Å². The van der Waals surface area contributed by atoms with Crippen LogP contribution in [0.25, 0.3) is 21.8 Å². The molecule has 0 aliphatic heterocycles. The van der Waals surface area contributed by atoms with E-state index in [-0.39, 0.29) is 48.3 Å². The summed E-state index contributed by atoms with van der Waals surface area (Å²) in [5.41, 5.74) is 2.09. The van der Waals surface area contributed by atoms with Gasteiger partial charge in [0, 0.05) is 60.9 Å². The van der Waals surface area contributed by atoms with E-state index in [0.717, 1.165) is 19.3 Å². The van der Waals surface area contributed by atoms with Crippen LogP contribution < -0.4 is 9.47 Å². The molecule has 2 amide bonds. The van der Waals surface area contributed by atoms with E-state index < -0.39 is 0 Å². The number of methoxy groups -OCH3 is 2. The number of aromatic nitrogens is 4. The van der Waals surface area contributed by atoms with Gasteiger partial charge < -0.3 is 19.3 Å². The van der Waals surface area contributed by atoms with Crippen molar-refractivity contribution in [2.24, 2.45) is 11.8 Å². The van der Waals surface area contributed by atoms with Gasteiger partial charge in [0.15, 0.2) is 11.6 Å². The molecule has 0 radical (unpaired) electrons.